The highest BCUT2D eigenvalue weighted by Crippen LogP contribution is 2.37. The molecule has 28 heavy (non-hydrogen) atoms. The van der Waals surface area contributed by atoms with Crippen LogP contribution in [0.1, 0.15) is 36.5 Å². The van der Waals surface area contributed by atoms with Crippen LogP contribution >= 0.6 is 0 Å². The molecule has 7 heteroatoms. The molecule has 3 N–H and O–H groups in total. The Morgan fingerprint density at radius 1 is 1.29 bits per heavy atom. The number of fused-ring (bicyclic) bond motifs is 4. The van der Waals surface area contributed by atoms with Gasteiger partial charge in [-0.15, -0.1) is 0 Å². The standard InChI is InChI=1S/C21H20N2O5/c1-2-21(28,9-18(25)26)15-8-17-19-13(10-23(17)20(27)14(15)11-24)7-12-5-3-4-6-16(12)22-19/h3-8,24,28H,2,9-11H2,1H3,(H,25,26)/t21-/m1/s1. The minimum atomic E-state index is -1.75. The van der Waals surface area contributed by atoms with E-state index in [2.05, 4.69) is 4.98 Å². The van der Waals surface area contributed by atoms with Gasteiger partial charge in [-0.3, -0.25) is 9.59 Å². The lowest BCUT2D eigenvalue weighted by molar-refractivity contribution is -0.143. The zero-order valence-corrected chi connectivity index (χ0v) is 15.3. The first-order chi connectivity index (χ1) is 13.4. The second-order valence-corrected chi connectivity index (χ2v) is 7.12. The lowest BCUT2D eigenvalue weighted by atomic mass is 9.85. The third-order valence-electron chi connectivity index (χ3n) is 5.46. The number of carbonyl (C=O) groups is 1. The first-order valence-corrected chi connectivity index (χ1v) is 9.09. The molecule has 3 heterocycles. The summed E-state index contributed by atoms with van der Waals surface area (Å²) in [4.78, 5) is 29.0. The molecule has 0 aliphatic carbocycles. The number of aliphatic carboxylic acids is 1. The summed E-state index contributed by atoms with van der Waals surface area (Å²) in [5.74, 6) is -1.18. The Labute approximate surface area is 160 Å². The van der Waals surface area contributed by atoms with E-state index >= 15 is 0 Å². The fraction of sp³-hybridized carbons (Fsp3) is 0.286. The van der Waals surface area contributed by atoms with Crippen molar-refractivity contribution in [2.45, 2.75) is 38.5 Å². The predicted octanol–water partition coefficient (Wildman–Crippen LogP) is 1.99. The highest BCUT2D eigenvalue weighted by molar-refractivity contribution is 5.84. The summed E-state index contributed by atoms with van der Waals surface area (Å²) in [6.45, 7) is 1.38. The van der Waals surface area contributed by atoms with E-state index in [9.17, 15) is 24.9 Å². The Morgan fingerprint density at radius 2 is 2.04 bits per heavy atom. The average Bonchev–Trinajstić information content (AvgIpc) is 3.03. The highest BCUT2D eigenvalue weighted by Gasteiger charge is 2.36. The zero-order chi connectivity index (χ0) is 20.1. The molecule has 1 aromatic carbocycles. The van der Waals surface area contributed by atoms with E-state index in [0.717, 1.165) is 16.5 Å². The second-order valence-electron chi connectivity index (χ2n) is 7.12. The highest BCUT2D eigenvalue weighted by atomic mass is 16.4. The van der Waals surface area contributed by atoms with Crippen molar-refractivity contribution in [3.05, 3.63) is 63.4 Å². The molecule has 0 saturated heterocycles. The van der Waals surface area contributed by atoms with Crippen molar-refractivity contribution in [2.75, 3.05) is 0 Å². The monoisotopic (exact) mass is 380 g/mol. The number of carboxylic acids is 1. The number of carboxylic acid groups (broad SMARTS) is 1. The van der Waals surface area contributed by atoms with Gasteiger partial charge in [-0.25, -0.2) is 4.98 Å². The van der Waals surface area contributed by atoms with E-state index in [4.69, 9.17) is 0 Å². The number of para-hydroxylation sites is 1. The van der Waals surface area contributed by atoms with E-state index < -0.39 is 30.2 Å². The van der Waals surface area contributed by atoms with Gasteiger partial charge in [-0.2, -0.15) is 0 Å². The SMILES string of the molecule is CC[C@@](O)(CC(=O)O)c1cc2n(c(=O)c1CO)Cc1cc3ccccc3nc1-2. The van der Waals surface area contributed by atoms with Gasteiger partial charge in [0.05, 0.1) is 36.5 Å². The number of rotatable bonds is 5. The quantitative estimate of drug-likeness (QED) is 0.488. The molecular formula is C21H20N2O5. The summed E-state index contributed by atoms with van der Waals surface area (Å²) >= 11 is 0. The third-order valence-corrected chi connectivity index (χ3v) is 5.46. The summed E-state index contributed by atoms with van der Waals surface area (Å²) in [5, 5.41) is 31.0. The summed E-state index contributed by atoms with van der Waals surface area (Å²) < 4.78 is 1.52. The number of pyridine rings is 2. The number of nitrogens with zero attached hydrogens (tertiary/aromatic N) is 2. The maximum atomic E-state index is 13.0. The number of aromatic nitrogens is 2. The zero-order valence-electron chi connectivity index (χ0n) is 15.3. The summed E-state index contributed by atoms with van der Waals surface area (Å²) in [5.41, 5.74) is 0.796. The van der Waals surface area contributed by atoms with E-state index in [-0.39, 0.29) is 17.5 Å². The van der Waals surface area contributed by atoms with Crippen LogP contribution in [-0.2, 0) is 23.5 Å². The van der Waals surface area contributed by atoms with Crippen molar-refractivity contribution in [3.63, 3.8) is 0 Å². The molecule has 144 valence electrons. The van der Waals surface area contributed by atoms with E-state index in [1.807, 2.05) is 30.3 Å². The van der Waals surface area contributed by atoms with Gasteiger partial charge < -0.3 is 19.9 Å². The Balaban J connectivity index is 1.99. The molecule has 7 nitrogen and oxygen atoms in total. The first-order valence-electron chi connectivity index (χ1n) is 9.09. The lowest BCUT2D eigenvalue weighted by Gasteiger charge is -2.28. The van der Waals surface area contributed by atoms with Crippen LogP contribution in [0, 0.1) is 0 Å². The van der Waals surface area contributed by atoms with Gasteiger partial charge in [0.25, 0.3) is 5.56 Å². The Hall–Kier alpha value is -3.03. The van der Waals surface area contributed by atoms with Crippen LogP contribution in [0.15, 0.2) is 41.2 Å². The molecule has 3 aromatic rings. The van der Waals surface area contributed by atoms with Crippen molar-refractivity contribution >= 4 is 16.9 Å². The Morgan fingerprint density at radius 3 is 2.71 bits per heavy atom. The molecule has 0 spiro atoms. The van der Waals surface area contributed by atoms with Crippen molar-refractivity contribution in [1.82, 2.24) is 9.55 Å². The molecular weight excluding hydrogens is 360 g/mol. The molecule has 1 aliphatic rings. The van der Waals surface area contributed by atoms with Crippen molar-refractivity contribution in [1.29, 1.82) is 0 Å². The summed E-state index contributed by atoms with van der Waals surface area (Å²) in [6.07, 6.45) is -0.468. The van der Waals surface area contributed by atoms with Crippen LogP contribution in [0.5, 0.6) is 0 Å². The van der Waals surface area contributed by atoms with Crippen LogP contribution in [0.4, 0.5) is 0 Å². The molecule has 0 amide bonds. The number of hydrogen-bond donors (Lipinski definition) is 3. The molecule has 1 atom stereocenters. The molecule has 2 aromatic heterocycles. The number of aliphatic hydroxyl groups is 2. The van der Waals surface area contributed by atoms with E-state index in [1.54, 1.807) is 13.0 Å². The number of benzene rings is 1. The largest absolute Gasteiger partial charge is 0.481 e. The van der Waals surface area contributed by atoms with Gasteiger partial charge in [0, 0.05) is 16.5 Å². The Kier molecular flexibility index (Phi) is 4.28. The molecule has 0 saturated carbocycles. The minimum absolute atomic E-state index is 0.0201. The van der Waals surface area contributed by atoms with Crippen LogP contribution < -0.4 is 5.56 Å². The fourth-order valence-corrected chi connectivity index (χ4v) is 3.94. The van der Waals surface area contributed by atoms with Crippen LogP contribution in [0.3, 0.4) is 0 Å². The van der Waals surface area contributed by atoms with Gasteiger partial charge in [-0.1, -0.05) is 25.1 Å². The van der Waals surface area contributed by atoms with Gasteiger partial charge in [0.1, 0.15) is 5.60 Å². The maximum Gasteiger partial charge on any atom is 0.306 e. The first kappa shape index (κ1) is 18.3. The molecule has 4 rings (SSSR count). The molecule has 0 radical (unpaired) electrons. The maximum absolute atomic E-state index is 13.0. The number of aliphatic hydroxyl groups excluding tert-OH is 1. The van der Waals surface area contributed by atoms with Gasteiger partial charge >= 0.3 is 5.97 Å². The molecule has 0 bridgehead atoms. The van der Waals surface area contributed by atoms with Crippen LogP contribution in [0.2, 0.25) is 0 Å². The lowest BCUT2D eigenvalue weighted by Crippen LogP contribution is -2.34. The molecule has 0 fully saturated rings. The predicted molar refractivity (Wildman–Crippen MR) is 103 cm³/mol. The van der Waals surface area contributed by atoms with Gasteiger partial charge in [-0.05, 0) is 30.2 Å². The van der Waals surface area contributed by atoms with Gasteiger partial charge in [0.15, 0.2) is 0 Å². The van der Waals surface area contributed by atoms with E-state index in [1.165, 1.54) is 4.57 Å². The summed E-state index contributed by atoms with van der Waals surface area (Å²) in [6, 6.07) is 11.2. The summed E-state index contributed by atoms with van der Waals surface area (Å²) in [7, 11) is 0. The van der Waals surface area contributed by atoms with Crippen molar-refractivity contribution in [2.24, 2.45) is 0 Å². The Bertz CT molecular complexity index is 1170. The number of hydrogen-bond acceptors (Lipinski definition) is 5. The normalized spacial score (nSPS) is 14.5. The second kappa shape index (κ2) is 6.54. The molecule has 1 aliphatic heterocycles. The topological polar surface area (TPSA) is 113 Å². The van der Waals surface area contributed by atoms with Crippen LogP contribution in [-0.4, -0.2) is 30.8 Å². The van der Waals surface area contributed by atoms with Crippen molar-refractivity contribution in [3.8, 4) is 11.4 Å². The van der Waals surface area contributed by atoms with Crippen molar-refractivity contribution < 1.29 is 20.1 Å². The average molecular weight is 380 g/mol. The fourth-order valence-electron chi connectivity index (χ4n) is 3.94. The van der Waals surface area contributed by atoms with Crippen LogP contribution in [0.25, 0.3) is 22.3 Å². The smallest absolute Gasteiger partial charge is 0.306 e. The molecule has 0 unspecified atom stereocenters. The third kappa shape index (κ3) is 2.71. The minimum Gasteiger partial charge on any atom is -0.481 e. The van der Waals surface area contributed by atoms with Gasteiger partial charge in [0.2, 0.25) is 0 Å². The van der Waals surface area contributed by atoms with E-state index in [0.29, 0.717) is 17.9 Å².